The van der Waals surface area contributed by atoms with Crippen LogP contribution in [0.5, 0.6) is 0 Å². The summed E-state index contributed by atoms with van der Waals surface area (Å²) in [7, 11) is 0. The molecular weight excluding hydrogens is 340 g/mol. The minimum absolute atomic E-state index is 0.131. The fourth-order valence-corrected chi connectivity index (χ4v) is 4.08. The van der Waals surface area contributed by atoms with Crippen LogP contribution in [-0.4, -0.2) is 29.6 Å². The molecule has 138 valence electrons. The predicted octanol–water partition coefficient (Wildman–Crippen LogP) is 4.22. The average Bonchev–Trinajstić information content (AvgIpc) is 3.19. The Bertz CT molecular complexity index is 666. The van der Waals surface area contributed by atoms with Gasteiger partial charge in [-0.15, -0.1) is 0 Å². The summed E-state index contributed by atoms with van der Waals surface area (Å²) in [5.41, 5.74) is 3.84. The van der Waals surface area contributed by atoms with E-state index in [0.717, 1.165) is 18.1 Å². The second-order valence-electron chi connectivity index (χ2n) is 6.86. The molecule has 3 nitrogen and oxygen atoms in total. The Labute approximate surface area is 161 Å². The van der Waals surface area contributed by atoms with Gasteiger partial charge < -0.3 is 5.32 Å². The van der Waals surface area contributed by atoms with Crippen molar-refractivity contribution in [2.24, 2.45) is 0 Å². The van der Waals surface area contributed by atoms with E-state index in [2.05, 4.69) is 58.7 Å². The number of benzene rings is 2. The van der Waals surface area contributed by atoms with Gasteiger partial charge in [0.1, 0.15) is 0 Å². The third kappa shape index (κ3) is 6.50. The molecule has 0 unspecified atom stereocenters. The van der Waals surface area contributed by atoms with Crippen molar-refractivity contribution >= 4 is 17.7 Å². The normalized spacial score (nSPS) is 14.5. The van der Waals surface area contributed by atoms with Crippen molar-refractivity contribution in [2.75, 3.05) is 18.8 Å². The first-order chi connectivity index (χ1) is 12.8. The number of hydrogen-bond acceptors (Lipinski definition) is 3. The zero-order valence-electron chi connectivity index (χ0n) is 15.3. The third-order valence-corrected chi connectivity index (χ3v) is 5.73. The van der Waals surface area contributed by atoms with Gasteiger partial charge in [-0.1, -0.05) is 54.6 Å². The predicted molar refractivity (Wildman–Crippen MR) is 110 cm³/mol. The maximum atomic E-state index is 12.0. The van der Waals surface area contributed by atoms with E-state index in [4.69, 9.17) is 0 Å². The lowest BCUT2D eigenvalue weighted by Crippen LogP contribution is -2.23. The van der Waals surface area contributed by atoms with Gasteiger partial charge in [0.2, 0.25) is 5.91 Å². The smallest absolute Gasteiger partial charge is 0.221 e. The van der Waals surface area contributed by atoms with Gasteiger partial charge in [0, 0.05) is 31.0 Å². The minimum Gasteiger partial charge on any atom is -0.352 e. The molecule has 0 bridgehead atoms. The van der Waals surface area contributed by atoms with Gasteiger partial charge in [-0.2, -0.15) is 11.8 Å². The lowest BCUT2D eigenvalue weighted by Gasteiger charge is -2.14. The molecule has 0 atom stereocenters. The molecule has 1 N–H and O–H groups in total. The summed E-state index contributed by atoms with van der Waals surface area (Å²) in [6.45, 7) is 4.11. The number of hydrogen-bond donors (Lipinski definition) is 1. The van der Waals surface area contributed by atoms with E-state index < -0.39 is 0 Å². The van der Waals surface area contributed by atoms with E-state index >= 15 is 0 Å². The fourth-order valence-electron chi connectivity index (χ4n) is 3.18. The zero-order chi connectivity index (χ0) is 18.0. The van der Waals surface area contributed by atoms with E-state index in [9.17, 15) is 4.79 Å². The maximum Gasteiger partial charge on any atom is 0.221 e. The van der Waals surface area contributed by atoms with Crippen LogP contribution in [0.2, 0.25) is 0 Å². The number of rotatable bonds is 9. The topological polar surface area (TPSA) is 32.3 Å². The van der Waals surface area contributed by atoms with E-state index in [0.29, 0.717) is 13.0 Å². The molecule has 2 aromatic rings. The zero-order valence-corrected chi connectivity index (χ0v) is 16.1. The van der Waals surface area contributed by atoms with Gasteiger partial charge in [0.05, 0.1) is 0 Å². The highest BCUT2D eigenvalue weighted by atomic mass is 32.2. The molecule has 0 aromatic heterocycles. The standard InChI is InChI=1S/C22H28N2OS/c25-22(12-15-26-18-21-6-2-1-3-7-21)23-16-19-8-10-20(11-9-19)17-24-13-4-5-14-24/h1-3,6-11H,4-5,12-18H2,(H,23,25). The summed E-state index contributed by atoms with van der Waals surface area (Å²) in [6, 6.07) is 19.0. The van der Waals surface area contributed by atoms with Crippen molar-refractivity contribution in [3.63, 3.8) is 0 Å². The molecule has 2 aromatic carbocycles. The monoisotopic (exact) mass is 368 g/mol. The first kappa shape index (κ1) is 19.0. The number of carbonyl (C=O) groups excluding carboxylic acids is 1. The molecule has 26 heavy (non-hydrogen) atoms. The van der Waals surface area contributed by atoms with Gasteiger partial charge >= 0.3 is 0 Å². The number of likely N-dealkylation sites (tertiary alicyclic amines) is 1. The average molecular weight is 369 g/mol. The summed E-state index contributed by atoms with van der Waals surface area (Å²) >= 11 is 1.81. The van der Waals surface area contributed by atoms with E-state index in [1.165, 1.54) is 42.6 Å². The van der Waals surface area contributed by atoms with Crippen molar-refractivity contribution in [2.45, 2.75) is 38.1 Å². The molecule has 3 rings (SSSR count). The van der Waals surface area contributed by atoms with E-state index in [-0.39, 0.29) is 5.91 Å². The molecule has 0 saturated carbocycles. The van der Waals surface area contributed by atoms with Crippen LogP contribution < -0.4 is 5.32 Å². The highest BCUT2D eigenvalue weighted by molar-refractivity contribution is 7.98. The molecule has 1 amide bonds. The Kier molecular flexibility index (Phi) is 7.59. The second kappa shape index (κ2) is 10.4. The highest BCUT2D eigenvalue weighted by Crippen LogP contribution is 2.14. The van der Waals surface area contributed by atoms with Crippen molar-refractivity contribution in [3.05, 3.63) is 71.3 Å². The summed E-state index contributed by atoms with van der Waals surface area (Å²) in [4.78, 5) is 14.5. The van der Waals surface area contributed by atoms with Gasteiger partial charge in [-0.25, -0.2) is 0 Å². The molecule has 1 aliphatic rings. The molecule has 1 fully saturated rings. The van der Waals surface area contributed by atoms with Gasteiger partial charge in [-0.3, -0.25) is 9.69 Å². The quantitative estimate of drug-likeness (QED) is 0.673. The Morgan fingerprint density at radius 3 is 2.35 bits per heavy atom. The lowest BCUT2D eigenvalue weighted by molar-refractivity contribution is -0.120. The SMILES string of the molecule is O=C(CCSCc1ccccc1)NCc1ccc(CN2CCCC2)cc1. The van der Waals surface area contributed by atoms with Crippen LogP contribution in [0.15, 0.2) is 54.6 Å². The highest BCUT2D eigenvalue weighted by Gasteiger charge is 2.11. The number of amides is 1. The van der Waals surface area contributed by atoms with E-state index in [1.54, 1.807) is 0 Å². The molecule has 0 spiro atoms. The molecule has 1 saturated heterocycles. The Hall–Kier alpha value is -1.78. The van der Waals surface area contributed by atoms with Crippen LogP contribution in [-0.2, 0) is 23.6 Å². The Morgan fingerprint density at radius 1 is 0.923 bits per heavy atom. The maximum absolute atomic E-state index is 12.0. The molecular formula is C22H28N2OS. The summed E-state index contributed by atoms with van der Waals surface area (Å²) in [5.74, 6) is 1.95. The fraction of sp³-hybridized carbons (Fsp3) is 0.409. The molecule has 0 radical (unpaired) electrons. The minimum atomic E-state index is 0.131. The summed E-state index contributed by atoms with van der Waals surface area (Å²) < 4.78 is 0. The first-order valence-corrected chi connectivity index (χ1v) is 10.6. The van der Waals surface area contributed by atoms with Crippen LogP contribution in [0.25, 0.3) is 0 Å². The van der Waals surface area contributed by atoms with Crippen LogP contribution >= 0.6 is 11.8 Å². The van der Waals surface area contributed by atoms with Crippen LogP contribution in [0.1, 0.15) is 36.0 Å². The Morgan fingerprint density at radius 2 is 1.62 bits per heavy atom. The van der Waals surface area contributed by atoms with Crippen LogP contribution in [0, 0.1) is 0 Å². The summed E-state index contributed by atoms with van der Waals surface area (Å²) in [5, 5.41) is 3.03. The number of nitrogens with zero attached hydrogens (tertiary/aromatic N) is 1. The summed E-state index contributed by atoms with van der Waals surface area (Å²) in [6.07, 6.45) is 3.23. The molecule has 4 heteroatoms. The molecule has 0 aliphatic carbocycles. The molecule has 1 aliphatic heterocycles. The van der Waals surface area contributed by atoms with Crippen molar-refractivity contribution in [1.82, 2.24) is 10.2 Å². The van der Waals surface area contributed by atoms with Crippen LogP contribution in [0.3, 0.4) is 0 Å². The van der Waals surface area contributed by atoms with Gasteiger partial charge in [0.15, 0.2) is 0 Å². The van der Waals surface area contributed by atoms with Crippen molar-refractivity contribution < 1.29 is 4.79 Å². The Balaban J connectivity index is 1.31. The number of carbonyl (C=O) groups is 1. The largest absolute Gasteiger partial charge is 0.352 e. The first-order valence-electron chi connectivity index (χ1n) is 9.48. The van der Waals surface area contributed by atoms with Crippen molar-refractivity contribution in [1.29, 1.82) is 0 Å². The van der Waals surface area contributed by atoms with Gasteiger partial charge in [-0.05, 0) is 42.6 Å². The lowest BCUT2D eigenvalue weighted by atomic mass is 10.1. The second-order valence-corrected chi connectivity index (χ2v) is 7.97. The number of thioether (sulfide) groups is 1. The number of nitrogens with one attached hydrogen (secondary N) is 1. The van der Waals surface area contributed by atoms with Crippen molar-refractivity contribution in [3.8, 4) is 0 Å². The third-order valence-electron chi connectivity index (χ3n) is 4.70. The van der Waals surface area contributed by atoms with Gasteiger partial charge in [0.25, 0.3) is 0 Å². The van der Waals surface area contributed by atoms with E-state index in [1.807, 2.05) is 17.8 Å². The van der Waals surface area contributed by atoms with Crippen LogP contribution in [0.4, 0.5) is 0 Å². The molecule has 1 heterocycles.